The third-order valence-electron chi connectivity index (χ3n) is 7.04. The highest BCUT2D eigenvalue weighted by molar-refractivity contribution is 5.72. The molecule has 3 N–H and O–H groups in total. The van der Waals surface area contributed by atoms with Crippen LogP contribution in [0.4, 0.5) is 10.6 Å². The Morgan fingerprint density at radius 3 is 2.85 bits per heavy atom. The number of carbonyl (C=O) groups excluding carboxylic acids is 1. The molecule has 1 aromatic heterocycles. The summed E-state index contributed by atoms with van der Waals surface area (Å²) in [5.74, 6) is 2.77. The number of fused-ring (bicyclic) bond motifs is 2. The molecule has 174 valence electrons. The average Bonchev–Trinajstić information content (AvgIpc) is 3.51. The number of amides is 1. The van der Waals surface area contributed by atoms with E-state index in [2.05, 4.69) is 33.3 Å². The molecule has 2 aromatic carbocycles. The van der Waals surface area contributed by atoms with Gasteiger partial charge in [0.25, 0.3) is 0 Å². The van der Waals surface area contributed by atoms with Crippen molar-refractivity contribution in [3.05, 3.63) is 71.9 Å². The molecule has 34 heavy (non-hydrogen) atoms. The highest BCUT2D eigenvalue weighted by atomic mass is 16.6. The second-order valence-electron chi connectivity index (χ2n) is 9.33. The highest BCUT2D eigenvalue weighted by Crippen LogP contribution is 2.30. The molecule has 2 fully saturated rings. The number of para-hydroxylation sites is 1. The summed E-state index contributed by atoms with van der Waals surface area (Å²) in [6.07, 6.45) is 4.90. The van der Waals surface area contributed by atoms with Gasteiger partial charge >= 0.3 is 6.09 Å². The van der Waals surface area contributed by atoms with Crippen molar-refractivity contribution in [3.63, 3.8) is 0 Å². The van der Waals surface area contributed by atoms with Crippen molar-refractivity contribution in [1.82, 2.24) is 25.7 Å². The van der Waals surface area contributed by atoms with E-state index in [4.69, 9.17) is 9.72 Å². The molecule has 0 bridgehead atoms. The Balaban J connectivity index is 1.13. The molecule has 0 radical (unpaired) electrons. The summed E-state index contributed by atoms with van der Waals surface area (Å²) < 4.78 is 5.50. The first-order chi connectivity index (χ1) is 16.7. The predicted octanol–water partition coefficient (Wildman–Crippen LogP) is 3.72. The maximum absolute atomic E-state index is 12.6. The zero-order chi connectivity index (χ0) is 22.9. The minimum atomic E-state index is -0.339. The van der Waals surface area contributed by atoms with Crippen LogP contribution in [-0.2, 0) is 13.1 Å². The van der Waals surface area contributed by atoms with Gasteiger partial charge in [-0.25, -0.2) is 14.8 Å². The molecule has 3 aliphatic rings. The molecule has 1 saturated carbocycles. The fourth-order valence-corrected chi connectivity index (χ4v) is 5.24. The highest BCUT2D eigenvalue weighted by Gasteiger charge is 2.33. The molecule has 1 aliphatic carbocycles. The van der Waals surface area contributed by atoms with Gasteiger partial charge in [0.2, 0.25) is 0 Å². The average molecular weight is 457 g/mol. The number of nitrogens with one attached hydrogen (secondary N) is 3. The Morgan fingerprint density at radius 2 is 1.94 bits per heavy atom. The van der Waals surface area contributed by atoms with Crippen LogP contribution < -0.4 is 20.9 Å². The molecule has 0 spiro atoms. The van der Waals surface area contributed by atoms with Gasteiger partial charge in [-0.05, 0) is 60.6 Å². The number of benzene rings is 2. The van der Waals surface area contributed by atoms with Gasteiger partial charge in [0.1, 0.15) is 11.6 Å². The molecule has 3 aromatic rings. The molecular formula is C26H28N6O2. The van der Waals surface area contributed by atoms with Gasteiger partial charge in [-0.15, -0.1) is 0 Å². The van der Waals surface area contributed by atoms with E-state index in [1.165, 1.54) is 6.42 Å². The minimum Gasteiger partial charge on any atom is -0.410 e. The Morgan fingerprint density at radius 1 is 1.06 bits per heavy atom. The van der Waals surface area contributed by atoms with Crippen LogP contribution in [0.5, 0.6) is 5.75 Å². The van der Waals surface area contributed by atoms with Crippen LogP contribution in [0.2, 0.25) is 0 Å². The molecule has 1 amide bonds. The molecule has 1 saturated heterocycles. The smallest absolute Gasteiger partial charge is 0.410 e. The SMILES string of the molecule is O=C(Oc1ccccc1)N1Cc2ccc(-c3nccc(NC4CCC5NNCC5C4)n3)cc2C1. The molecular weight excluding hydrogens is 428 g/mol. The normalized spacial score (nSPS) is 23.3. The number of rotatable bonds is 4. The summed E-state index contributed by atoms with van der Waals surface area (Å²) in [5, 5.41) is 3.63. The summed E-state index contributed by atoms with van der Waals surface area (Å²) in [4.78, 5) is 23.6. The van der Waals surface area contributed by atoms with Crippen LogP contribution in [0.3, 0.4) is 0 Å². The van der Waals surface area contributed by atoms with Crippen LogP contribution in [0.1, 0.15) is 30.4 Å². The zero-order valence-electron chi connectivity index (χ0n) is 18.9. The summed E-state index contributed by atoms with van der Waals surface area (Å²) >= 11 is 0. The summed E-state index contributed by atoms with van der Waals surface area (Å²) in [6.45, 7) is 2.08. The molecule has 8 nitrogen and oxygen atoms in total. The summed E-state index contributed by atoms with van der Waals surface area (Å²) in [7, 11) is 0. The maximum Gasteiger partial charge on any atom is 0.415 e. The number of hydrogen-bond acceptors (Lipinski definition) is 7. The molecule has 6 rings (SSSR count). The lowest BCUT2D eigenvalue weighted by molar-refractivity contribution is 0.152. The first-order valence-corrected chi connectivity index (χ1v) is 11.9. The van der Waals surface area contributed by atoms with E-state index >= 15 is 0 Å². The number of anilines is 1. The number of hydrazine groups is 1. The van der Waals surface area contributed by atoms with Crippen molar-refractivity contribution in [1.29, 1.82) is 0 Å². The van der Waals surface area contributed by atoms with Crippen LogP contribution in [0, 0.1) is 5.92 Å². The first kappa shape index (κ1) is 21.1. The monoisotopic (exact) mass is 456 g/mol. The van der Waals surface area contributed by atoms with E-state index in [9.17, 15) is 4.79 Å². The quantitative estimate of drug-likeness (QED) is 0.551. The van der Waals surface area contributed by atoms with Crippen molar-refractivity contribution in [2.75, 3.05) is 11.9 Å². The largest absolute Gasteiger partial charge is 0.415 e. The van der Waals surface area contributed by atoms with Gasteiger partial charge in [0, 0.05) is 43.5 Å². The number of ether oxygens (including phenoxy) is 1. The fourth-order valence-electron chi connectivity index (χ4n) is 5.24. The third-order valence-corrected chi connectivity index (χ3v) is 7.04. The van der Waals surface area contributed by atoms with Crippen LogP contribution >= 0.6 is 0 Å². The van der Waals surface area contributed by atoms with E-state index in [0.717, 1.165) is 41.9 Å². The fraction of sp³-hybridized carbons (Fsp3) is 0.346. The molecule has 3 atom stereocenters. The standard InChI is InChI=1S/C26H28N6O2/c33-26(34-22-4-2-1-3-5-22)32-15-18-7-6-17(12-20(18)16-32)25-27-11-10-24(30-25)29-21-8-9-23-19(13-21)14-28-31-23/h1-7,10-12,19,21,23,28,31H,8-9,13-16H2,(H,27,29,30). The van der Waals surface area contributed by atoms with Gasteiger partial charge in [0.05, 0.1) is 0 Å². The predicted molar refractivity (Wildman–Crippen MR) is 129 cm³/mol. The van der Waals surface area contributed by atoms with Crippen molar-refractivity contribution < 1.29 is 9.53 Å². The van der Waals surface area contributed by atoms with Crippen molar-refractivity contribution in [2.24, 2.45) is 5.92 Å². The molecule has 3 unspecified atom stereocenters. The van der Waals surface area contributed by atoms with Gasteiger partial charge in [0.15, 0.2) is 5.82 Å². The minimum absolute atomic E-state index is 0.339. The molecule has 8 heteroatoms. The first-order valence-electron chi connectivity index (χ1n) is 11.9. The van der Waals surface area contributed by atoms with Crippen LogP contribution in [-0.4, -0.2) is 39.6 Å². The lowest BCUT2D eigenvalue weighted by Gasteiger charge is -2.31. The number of hydrogen-bond donors (Lipinski definition) is 3. The van der Waals surface area contributed by atoms with E-state index in [-0.39, 0.29) is 6.09 Å². The Hall–Kier alpha value is -3.49. The van der Waals surface area contributed by atoms with Gasteiger partial charge in [-0.3, -0.25) is 15.8 Å². The maximum atomic E-state index is 12.6. The van der Waals surface area contributed by atoms with Crippen molar-refractivity contribution in [2.45, 2.75) is 44.4 Å². The van der Waals surface area contributed by atoms with E-state index in [1.54, 1.807) is 17.0 Å². The van der Waals surface area contributed by atoms with E-state index < -0.39 is 0 Å². The molecule has 3 heterocycles. The van der Waals surface area contributed by atoms with E-state index in [0.29, 0.717) is 42.7 Å². The second kappa shape index (κ2) is 9.04. The number of nitrogens with zero attached hydrogens (tertiary/aromatic N) is 3. The van der Waals surface area contributed by atoms with Gasteiger partial charge in [-0.1, -0.05) is 30.3 Å². The van der Waals surface area contributed by atoms with Crippen LogP contribution in [0.25, 0.3) is 11.4 Å². The van der Waals surface area contributed by atoms with Gasteiger partial charge in [-0.2, -0.15) is 0 Å². The van der Waals surface area contributed by atoms with Crippen molar-refractivity contribution in [3.8, 4) is 17.1 Å². The Kier molecular flexibility index (Phi) is 5.60. The van der Waals surface area contributed by atoms with Crippen LogP contribution in [0.15, 0.2) is 60.8 Å². The van der Waals surface area contributed by atoms with Gasteiger partial charge < -0.3 is 10.1 Å². The summed E-state index contributed by atoms with van der Waals surface area (Å²) in [6, 6.07) is 18.3. The topological polar surface area (TPSA) is 91.4 Å². The molecule has 2 aliphatic heterocycles. The Labute approximate surface area is 198 Å². The summed E-state index contributed by atoms with van der Waals surface area (Å²) in [5.41, 5.74) is 9.84. The Bertz CT molecular complexity index is 1190. The number of aromatic nitrogens is 2. The van der Waals surface area contributed by atoms with E-state index in [1.807, 2.05) is 36.5 Å². The third kappa shape index (κ3) is 4.34. The number of carbonyl (C=O) groups is 1. The van der Waals surface area contributed by atoms with Crippen molar-refractivity contribution >= 4 is 11.9 Å². The lowest BCUT2D eigenvalue weighted by Crippen LogP contribution is -2.39. The zero-order valence-corrected chi connectivity index (χ0v) is 18.9. The lowest BCUT2D eigenvalue weighted by atomic mass is 9.83. The second-order valence-corrected chi connectivity index (χ2v) is 9.33.